The van der Waals surface area contributed by atoms with Crippen molar-refractivity contribution < 1.29 is 18.3 Å². The van der Waals surface area contributed by atoms with Gasteiger partial charge in [-0.3, -0.25) is 4.79 Å². The average Bonchev–Trinajstić information content (AvgIpc) is 2.99. The lowest BCUT2D eigenvalue weighted by Crippen LogP contribution is -2.13. The molecule has 25 heavy (non-hydrogen) atoms. The van der Waals surface area contributed by atoms with Gasteiger partial charge in [-0.15, -0.1) is 0 Å². The number of hydrogen-bond donors (Lipinski definition) is 3. The van der Waals surface area contributed by atoms with Gasteiger partial charge < -0.3 is 15.4 Å². The Morgan fingerprint density at radius 3 is 2.68 bits per heavy atom. The van der Waals surface area contributed by atoms with E-state index in [0.717, 1.165) is 10.9 Å². The third-order valence-electron chi connectivity index (χ3n) is 3.78. The molecule has 0 unspecified atom stereocenters. The number of halogens is 1. The van der Waals surface area contributed by atoms with E-state index in [0.29, 0.717) is 5.02 Å². The van der Waals surface area contributed by atoms with Crippen molar-refractivity contribution in [1.29, 1.82) is 0 Å². The van der Waals surface area contributed by atoms with Crippen LogP contribution in [0.2, 0.25) is 5.02 Å². The molecule has 2 aromatic carbocycles. The van der Waals surface area contributed by atoms with E-state index in [2.05, 4.69) is 10.3 Å². The largest absolute Gasteiger partial charge is 0.506 e. The second-order valence-corrected chi connectivity index (χ2v) is 8.17. The Kier molecular flexibility index (Phi) is 4.45. The van der Waals surface area contributed by atoms with Crippen molar-refractivity contribution in [2.45, 2.75) is 11.8 Å². The molecule has 0 aliphatic heterocycles. The lowest BCUT2D eigenvalue weighted by Gasteiger charge is -2.09. The lowest BCUT2D eigenvalue weighted by molar-refractivity contribution is 0.102. The molecule has 1 heterocycles. The van der Waals surface area contributed by atoms with Crippen LogP contribution in [0.25, 0.3) is 10.9 Å². The minimum atomic E-state index is -3.45. The molecule has 3 aromatic rings. The third-order valence-corrected chi connectivity index (χ3v) is 5.75. The number of benzene rings is 2. The van der Waals surface area contributed by atoms with E-state index in [1.54, 1.807) is 24.3 Å². The summed E-state index contributed by atoms with van der Waals surface area (Å²) in [4.78, 5) is 15.4. The number of rotatable bonds is 4. The number of nitrogens with one attached hydrogen (secondary N) is 2. The molecule has 1 amide bonds. The van der Waals surface area contributed by atoms with Gasteiger partial charge >= 0.3 is 0 Å². The van der Waals surface area contributed by atoms with Gasteiger partial charge in [0.1, 0.15) is 11.4 Å². The van der Waals surface area contributed by atoms with Crippen molar-refractivity contribution in [1.82, 2.24) is 4.98 Å². The first-order chi connectivity index (χ1) is 11.8. The highest BCUT2D eigenvalue weighted by Crippen LogP contribution is 2.28. The van der Waals surface area contributed by atoms with Crippen LogP contribution < -0.4 is 5.32 Å². The number of phenolic OH excluding ortho intramolecular Hbond substituents is 1. The van der Waals surface area contributed by atoms with E-state index < -0.39 is 15.7 Å². The van der Waals surface area contributed by atoms with Gasteiger partial charge in [0.05, 0.1) is 16.3 Å². The van der Waals surface area contributed by atoms with Gasteiger partial charge in [-0.25, -0.2) is 8.42 Å². The molecule has 1 aromatic heterocycles. The fraction of sp³-hybridized carbons (Fsp3) is 0.118. The Morgan fingerprint density at radius 2 is 1.96 bits per heavy atom. The number of aromatic hydroxyl groups is 1. The van der Waals surface area contributed by atoms with Gasteiger partial charge in [-0.05, 0) is 42.5 Å². The number of aromatic amines is 1. The summed E-state index contributed by atoms with van der Waals surface area (Å²) in [5, 5.41) is 13.7. The highest BCUT2D eigenvalue weighted by Gasteiger charge is 2.17. The molecule has 3 rings (SSSR count). The molecular weight excluding hydrogens is 364 g/mol. The first-order valence-electron chi connectivity index (χ1n) is 7.45. The molecule has 0 aliphatic carbocycles. The Bertz CT molecular complexity index is 1070. The van der Waals surface area contributed by atoms with E-state index in [-0.39, 0.29) is 27.8 Å². The molecule has 0 radical (unpaired) electrons. The predicted molar refractivity (Wildman–Crippen MR) is 97.1 cm³/mol. The summed E-state index contributed by atoms with van der Waals surface area (Å²) in [6, 6.07) is 10.6. The van der Waals surface area contributed by atoms with Crippen molar-refractivity contribution in [3.63, 3.8) is 0 Å². The predicted octanol–water partition coefficient (Wildman–Crippen LogP) is 3.57. The van der Waals surface area contributed by atoms with Gasteiger partial charge in [0.15, 0.2) is 9.84 Å². The van der Waals surface area contributed by atoms with Crippen LogP contribution in [-0.4, -0.2) is 30.2 Å². The second kappa shape index (κ2) is 6.42. The van der Waals surface area contributed by atoms with Crippen LogP contribution >= 0.6 is 11.6 Å². The zero-order valence-corrected chi connectivity index (χ0v) is 14.8. The van der Waals surface area contributed by atoms with E-state index in [1.165, 1.54) is 25.1 Å². The van der Waals surface area contributed by atoms with Crippen molar-refractivity contribution in [3.8, 4) is 5.75 Å². The molecule has 0 spiro atoms. The van der Waals surface area contributed by atoms with E-state index in [9.17, 15) is 18.3 Å². The zero-order valence-electron chi connectivity index (χ0n) is 13.2. The average molecular weight is 379 g/mol. The van der Waals surface area contributed by atoms with Crippen LogP contribution in [0.15, 0.2) is 47.4 Å². The molecule has 0 bridgehead atoms. The number of fused-ring (bicyclic) bond motifs is 1. The molecule has 0 atom stereocenters. The van der Waals surface area contributed by atoms with E-state index in [1.807, 2.05) is 0 Å². The zero-order chi connectivity index (χ0) is 18.2. The van der Waals surface area contributed by atoms with Crippen molar-refractivity contribution >= 4 is 43.9 Å². The number of carbonyl (C=O) groups excluding carboxylic acids is 1. The van der Waals surface area contributed by atoms with Gasteiger partial charge in [-0.2, -0.15) is 0 Å². The maximum absolute atomic E-state index is 12.4. The first-order valence-corrected chi connectivity index (χ1v) is 9.48. The van der Waals surface area contributed by atoms with Crippen molar-refractivity contribution in [3.05, 3.63) is 53.2 Å². The first kappa shape index (κ1) is 17.3. The van der Waals surface area contributed by atoms with Crippen molar-refractivity contribution in [2.24, 2.45) is 0 Å². The number of anilines is 1. The molecule has 0 aliphatic rings. The van der Waals surface area contributed by atoms with Crippen LogP contribution in [0.5, 0.6) is 5.75 Å². The SMILES string of the molecule is CCS(=O)(=O)c1ccc(O)c(NC(=O)c2cc3cc(Cl)ccc3[nH]2)c1. The summed E-state index contributed by atoms with van der Waals surface area (Å²) >= 11 is 5.93. The number of hydrogen-bond acceptors (Lipinski definition) is 4. The summed E-state index contributed by atoms with van der Waals surface area (Å²) in [7, 11) is -3.45. The smallest absolute Gasteiger partial charge is 0.272 e. The number of H-pyrrole nitrogens is 1. The summed E-state index contributed by atoms with van der Waals surface area (Å²) < 4.78 is 23.9. The summed E-state index contributed by atoms with van der Waals surface area (Å²) in [6.45, 7) is 1.52. The summed E-state index contributed by atoms with van der Waals surface area (Å²) in [6.07, 6.45) is 0. The fourth-order valence-electron chi connectivity index (χ4n) is 2.39. The monoisotopic (exact) mass is 378 g/mol. The van der Waals surface area contributed by atoms with Gasteiger partial charge in [0.2, 0.25) is 0 Å². The Balaban J connectivity index is 1.93. The lowest BCUT2D eigenvalue weighted by atomic mass is 10.2. The number of aromatic nitrogens is 1. The van der Waals surface area contributed by atoms with Crippen LogP contribution in [-0.2, 0) is 9.84 Å². The van der Waals surface area contributed by atoms with Crippen LogP contribution in [0.3, 0.4) is 0 Å². The molecule has 130 valence electrons. The molecule has 8 heteroatoms. The van der Waals surface area contributed by atoms with Gasteiger partial charge in [0.25, 0.3) is 5.91 Å². The van der Waals surface area contributed by atoms with Crippen LogP contribution in [0, 0.1) is 0 Å². The molecule has 6 nitrogen and oxygen atoms in total. The Labute approximate surface area is 149 Å². The highest BCUT2D eigenvalue weighted by molar-refractivity contribution is 7.91. The van der Waals surface area contributed by atoms with Crippen LogP contribution in [0.1, 0.15) is 17.4 Å². The minimum Gasteiger partial charge on any atom is -0.506 e. The maximum Gasteiger partial charge on any atom is 0.272 e. The quantitative estimate of drug-likeness (QED) is 0.604. The maximum atomic E-state index is 12.4. The number of sulfone groups is 1. The van der Waals surface area contributed by atoms with Crippen molar-refractivity contribution in [2.75, 3.05) is 11.1 Å². The minimum absolute atomic E-state index is 0.0243. The topological polar surface area (TPSA) is 99.3 Å². The Hall–Kier alpha value is -2.51. The summed E-state index contributed by atoms with van der Waals surface area (Å²) in [5.74, 6) is -0.801. The number of carbonyl (C=O) groups is 1. The highest BCUT2D eigenvalue weighted by atomic mass is 35.5. The van der Waals surface area contributed by atoms with E-state index >= 15 is 0 Å². The standard InChI is InChI=1S/C17H15ClN2O4S/c1-2-25(23,24)12-4-6-16(21)14(9-12)20-17(22)15-8-10-7-11(18)3-5-13(10)19-15/h3-9,19,21H,2H2,1H3,(H,20,22). The number of amides is 1. The molecule has 3 N–H and O–H groups in total. The molecule has 0 saturated heterocycles. The Morgan fingerprint density at radius 1 is 1.20 bits per heavy atom. The van der Waals surface area contributed by atoms with E-state index in [4.69, 9.17) is 11.6 Å². The normalized spacial score (nSPS) is 11.6. The number of phenols is 1. The van der Waals surface area contributed by atoms with Crippen LogP contribution in [0.4, 0.5) is 5.69 Å². The molecule has 0 saturated carbocycles. The third kappa shape index (κ3) is 3.47. The fourth-order valence-corrected chi connectivity index (χ4v) is 3.48. The van der Waals surface area contributed by atoms with Gasteiger partial charge in [0, 0.05) is 15.9 Å². The van der Waals surface area contributed by atoms with Gasteiger partial charge in [-0.1, -0.05) is 18.5 Å². The second-order valence-electron chi connectivity index (χ2n) is 5.45. The summed E-state index contributed by atoms with van der Waals surface area (Å²) in [5.41, 5.74) is 1.03. The molecular formula is C17H15ClN2O4S. The molecule has 0 fully saturated rings.